The van der Waals surface area contributed by atoms with Crippen molar-refractivity contribution >= 4 is 29.1 Å². The predicted molar refractivity (Wildman–Crippen MR) is 112 cm³/mol. The standard InChI is InChI=1S/C22H31N3O3S/c1-4-17-12(2)5-18(29-17)20(27)25-24-19(26)13(3)23-21(28)22-9-14-6-15(10-22)8-16(7-14)11-22/h5,13-16H,4,6-11H2,1-3H3,(H,23,28)(H,24,26)(H,25,27)/t13-,14?,15?,16?,22?/m0/s1. The summed E-state index contributed by atoms with van der Waals surface area (Å²) in [5, 5.41) is 2.92. The maximum absolute atomic E-state index is 13.1. The number of carbonyl (C=O) groups excluding carboxylic acids is 3. The summed E-state index contributed by atoms with van der Waals surface area (Å²) in [6.45, 7) is 5.70. The van der Waals surface area contributed by atoms with Gasteiger partial charge < -0.3 is 5.32 Å². The smallest absolute Gasteiger partial charge is 0.279 e. The van der Waals surface area contributed by atoms with Crippen molar-refractivity contribution in [3.63, 3.8) is 0 Å². The van der Waals surface area contributed by atoms with E-state index in [0.717, 1.165) is 36.1 Å². The second-order valence-electron chi connectivity index (χ2n) is 9.41. The largest absolute Gasteiger partial charge is 0.344 e. The molecule has 0 radical (unpaired) electrons. The maximum Gasteiger partial charge on any atom is 0.279 e. The number of hydrogen-bond donors (Lipinski definition) is 3. The van der Waals surface area contributed by atoms with E-state index in [1.807, 2.05) is 13.0 Å². The molecule has 0 aliphatic heterocycles. The van der Waals surface area contributed by atoms with Crippen LogP contribution in [0.3, 0.4) is 0 Å². The van der Waals surface area contributed by atoms with E-state index in [1.165, 1.54) is 30.6 Å². The SMILES string of the molecule is CCc1sc(C(=O)NNC(=O)[C@H](C)NC(=O)C23CC4CC(CC(C4)C2)C3)cc1C. The predicted octanol–water partition coefficient (Wildman–Crippen LogP) is 3.10. The first-order chi connectivity index (χ1) is 13.8. The van der Waals surface area contributed by atoms with E-state index >= 15 is 0 Å². The Bertz CT molecular complexity index is 796. The monoisotopic (exact) mass is 417 g/mol. The van der Waals surface area contributed by atoms with Gasteiger partial charge in [0.1, 0.15) is 6.04 Å². The lowest BCUT2D eigenvalue weighted by atomic mass is 9.49. The summed E-state index contributed by atoms with van der Waals surface area (Å²) in [6.07, 6.45) is 7.60. The molecule has 3 N–H and O–H groups in total. The number of thiophene rings is 1. The summed E-state index contributed by atoms with van der Waals surface area (Å²) >= 11 is 1.44. The van der Waals surface area contributed by atoms with Crippen molar-refractivity contribution in [1.29, 1.82) is 0 Å². The van der Waals surface area contributed by atoms with E-state index in [0.29, 0.717) is 22.6 Å². The highest BCUT2D eigenvalue weighted by atomic mass is 32.1. The minimum absolute atomic E-state index is 0.0204. The molecular formula is C22H31N3O3S. The van der Waals surface area contributed by atoms with Gasteiger partial charge >= 0.3 is 0 Å². The Morgan fingerprint density at radius 2 is 1.69 bits per heavy atom. The molecular weight excluding hydrogens is 386 g/mol. The van der Waals surface area contributed by atoms with Crippen LogP contribution in [0.25, 0.3) is 0 Å². The molecule has 158 valence electrons. The van der Waals surface area contributed by atoms with Crippen molar-refractivity contribution in [1.82, 2.24) is 16.2 Å². The normalized spacial score (nSPS) is 30.7. The topological polar surface area (TPSA) is 87.3 Å². The molecule has 4 fully saturated rings. The molecule has 4 saturated carbocycles. The van der Waals surface area contributed by atoms with Crippen LogP contribution in [0.2, 0.25) is 0 Å². The van der Waals surface area contributed by atoms with Gasteiger partial charge in [-0.15, -0.1) is 11.3 Å². The quantitative estimate of drug-likeness (QED) is 0.644. The molecule has 1 atom stereocenters. The number of aryl methyl sites for hydroxylation is 2. The van der Waals surface area contributed by atoms with Crippen LogP contribution in [-0.2, 0) is 16.0 Å². The van der Waals surface area contributed by atoms with Gasteiger partial charge in [-0.2, -0.15) is 0 Å². The van der Waals surface area contributed by atoms with Gasteiger partial charge in [-0.1, -0.05) is 6.92 Å². The molecule has 0 aromatic carbocycles. The molecule has 1 aromatic rings. The Hall–Kier alpha value is -1.89. The van der Waals surface area contributed by atoms with Crippen molar-refractivity contribution < 1.29 is 14.4 Å². The van der Waals surface area contributed by atoms with Crippen LogP contribution >= 0.6 is 11.3 Å². The van der Waals surface area contributed by atoms with Gasteiger partial charge in [-0.05, 0) is 88.2 Å². The first kappa shape index (κ1) is 20.4. The number of amides is 3. The Balaban J connectivity index is 1.30. The highest BCUT2D eigenvalue weighted by molar-refractivity contribution is 7.14. The summed E-state index contributed by atoms with van der Waals surface area (Å²) in [7, 11) is 0. The minimum atomic E-state index is -0.688. The summed E-state index contributed by atoms with van der Waals surface area (Å²) in [5.74, 6) is 1.33. The Labute approximate surface area is 176 Å². The van der Waals surface area contributed by atoms with Gasteiger partial charge in [0.15, 0.2) is 0 Å². The van der Waals surface area contributed by atoms with Crippen LogP contribution in [0.4, 0.5) is 0 Å². The lowest BCUT2D eigenvalue weighted by Gasteiger charge is -2.55. The summed E-state index contributed by atoms with van der Waals surface area (Å²) < 4.78 is 0. The highest BCUT2D eigenvalue weighted by Gasteiger charge is 2.54. The van der Waals surface area contributed by atoms with Gasteiger partial charge in [0.05, 0.1) is 4.88 Å². The van der Waals surface area contributed by atoms with E-state index in [9.17, 15) is 14.4 Å². The van der Waals surface area contributed by atoms with Crippen LogP contribution < -0.4 is 16.2 Å². The van der Waals surface area contributed by atoms with Crippen LogP contribution in [0, 0.1) is 30.1 Å². The number of rotatable bonds is 5. The molecule has 0 unspecified atom stereocenters. The Morgan fingerprint density at radius 1 is 1.10 bits per heavy atom. The van der Waals surface area contributed by atoms with E-state index in [1.54, 1.807) is 6.92 Å². The molecule has 4 aliphatic carbocycles. The van der Waals surface area contributed by atoms with E-state index in [2.05, 4.69) is 23.1 Å². The number of hydrogen-bond acceptors (Lipinski definition) is 4. The molecule has 7 heteroatoms. The van der Waals surface area contributed by atoms with Gasteiger partial charge in [-0.25, -0.2) is 0 Å². The fourth-order valence-electron chi connectivity index (χ4n) is 6.07. The number of nitrogens with one attached hydrogen (secondary N) is 3. The zero-order valence-electron chi connectivity index (χ0n) is 17.5. The zero-order chi connectivity index (χ0) is 20.8. The van der Waals surface area contributed by atoms with Gasteiger partial charge in [0.25, 0.3) is 11.8 Å². The maximum atomic E-state index is 13.1. The molecule has 0 saturated heterocycles. The van der Waals surface area contributed by atoms with Crippen molar-refractivity contribution in [2.45, 2.75) is 71.8 Å². The first-order valence-corrected chi connectivity index (χ1v) is 11.6. The Morgan fingerprint density at radius 3 is 2.21 bits per heavy atom. The average Bonchev–Trinajstić information content (AvgIpc) is 3.05. The third-order valence-corrected chi connectivity index (χ3v) is 8.51. The molecule has 3 amide bonds. The number of hydrazine groups is 1. The lowest BCUT2D eigenvalue weighted by molar-refractivity contribution is -0.148. The second-order valence-corrected chi connectivity index (χ2v) is 10.5. The molecule has 1 heterocycles. The molecule has 29 heavy (non-hydrogen) atoms. The fourth-order valence-corrected chi connectivity index (χ4v) is 7.08. The van der Waals surface area contributed by atoms with Gasteiger partial charge in [-0.3, -0.25) is 25.2 Å². The first-order valence-electron chi connectivity index (χ1n) is 10.8. The van der Waals surface area contributed by atoms with Crippen molar-refractivity contribution in [3.05, 3.63) is 21.4 Å². The third kappa shape index (κ3) is 3.93. The summed E-state index contributed by atoms with van der Waals surface area (Å²) in [5.41, 5.74) is 5.74. The van der Waals surface area contributed by atoms with Crippen LogP contribution in [0.15, 0.2) is 6.07 Å². The summed E-state index contributed by atoms with van der Waals surface area (Å²) in [6, 6.07) is 1.15. The minimum Gasteiger partial charge on any atom is -0.344 e. The summed E-state index contributed by atoms with van der Waals surface area (Å²) in [4.78, 5) is 39.5. The van der Waals surface area contributed by atoms with E-state index in [-0.39, 0.29) is 17.2 Å². The molecule has 5 rings (SSSR count). The van der Waals surface area contributed by atoms with Gasteiger partial charge in [0.2, 0.25) is 5.91 Å². The molecule has 1 aromatic heterocycles. The third-order valence-electron chi connectivity index (χ3n) is 7.13. The van der Waals surface area contributed by atoms with Crippen LogP contribution in [0.1, 0.15) is 72.5 Å². The van der Waals surface area contributed by atoms with Crippen molar-refractivity contribution in [2.24, 2.45) is 23.2 Å². The molecule has 4 aliphatic rings. The lowest BCUT2D eigenvalue weighted by Crippen LogP contribution is -2.57. The van der Waals surface area contributed by atoms with Crippen LogP contribution in [-0.4, -0.2) is 23.8 Å². The van der Waals surface area contributed by atoms with E-state index in [4.69, 9.17) is 0 Å². The van der Waals surface area contributed by atoms with E-state index < -0.39 is 11.9 Å². The fraction of sp³-hybridized carbons (Fsp3) is 0.682. The van der Waals surface area contributed by atoms with Gasteiger partial charge in [0, 0.05) is 10.3 Å². The molecule has 0 spiro atoms. The molecule has 4 bridgehead atoms. The van der Waals surface area contributed by atoms with Crippen molar-refractivity contribution in [3.8, 4) is 0 Å². The zero-order valence-corrected chi connectivity index (χ0v) is 18.3. The van der Waals surface area contributed by atoms with Crippen molar-refractivity contribution in [2.75, 3.05) is 0 Å². The van der Waals surface area contributed by atoms with Crippen LogP contribution in [0.5, 0.6) is 0 Å². The Kier molecular flexibility index (Phi) is 5.44. The highest BCUT2D eigenvalue weighted by Crippen LogP contribution is 2.60. The number of carbonyl (C=O) groups is 3. The average molecular weight is 418 g/mol. The molecule has 6 nitrogen and oxygen atoms in total. The second kappa shape index (κ2) is 7.74.